The summed E-state index contributed by atoms with van der Waals surface area (Å²) in [6, 6.07) is 0. The quantitative estimate of drug-likeness (QED) is 0.624. The number of hydrogen-bond acceptors (Lipinski definition) is 5. The van der Waals surface area contributed by atoms with Gasteiger partial charge in [0.15, 0.2) is 0 Å². The Morgan fingerprint density at radius 1 is 1.57 bits per heavy atom. The Bertz CT molecular complexity index is 325. The topological polar surface area (TPSA) is 39.8 Å². The maximum absolute atomic E-state index is 5.10. The first-order valence-electron chi connectivity index (χ1n) is 4.22. The Labute approximate surface area is 87.9 Å². The second-order valence-electron chi connectivity index (χ2n) is 3.12. The van der Waals surface area contributed by atoms with E-state index in [-0.39, 0.29) is 0 Å². The van der Waals surface area contributed by atoms with Gasteiger partial charge in [-0.15, -0.1) is 5.53 Å². The monoisotopic (exact) mass is 212 g/mol. The van der Waals surface area contributed by atoms with Gasteiger partial charge in [0.1, 0.15) is 10.8 Å². The summed E-state index contributed by atoms with van der Waals surface area (Å²) in [6.07, 6.45) is 3.80. The Hall–Kier alpha value is -1.11. The van der Waals surface area contributed by atoms with Crippen molar-refractivity contribution in [2.45, 2.75) is 0 Å². The minimum atomic E-state index is 0.528. The summed E-state index contributed by atoms with van der Waals surface area (Å²) in [4.78, 5) is 0.705. The highest BCUT2D eigenvalue weighted by Crippen LogP contribution is 2.18. The summed E-state index contributed by atoms with van der Waals surface area (Å²) in [7, 11) is 3.58. The van der Waals surface area contributed by atoms with Crippen molar-refractivity contribution >= 4 is 17.2 Å². The lowest BCUT2D eigenvalue weighted by Crippen LogP contribution is -2.45. The number of nitrogens with zero attached hydrogens (tertiary/aromatic N) is 2. The van der Waals surface area contributed by atoms with E-state index in [9.17, 15) is 0 Å². The number of fused-ring (bicyclic) bond motifs is 1. The maximum atomic E-state index is 5.10. The average Bonchev–Trinajstić information content (AvgIpc) is 2.45. The van der Waals surface area contributed by atoms with Crippen LogP contribution in [0.15, 0.2) is 23.8 Å². The molecule has 0 saturated heterocycles. The van der Waals surface area contributed by atoms with E-state index in [1.165, 1.54) is 0 Å². The molecule has 76 valence electrons. The zero-order valence-electron chi connectivity index (χ0n) is 8.07. The molecule has 0 fully saturated rings. The molecule has 2 rings (SSSR count). The van der Waals surface area contributed by atoms with Crippen molar-refractivity contribution < 1.29 is 4.74 Å². The molecular formula is C8H12N4OS. The molecule has 2 aliphatic rings. The molecule has 0 bridgehead atoms. The van der Waals surface area contributed by atoms with Crippen LogP contribution in [0.1, 0.15) is 0 Å². The lowest BCUT2D eigenvalue weighted by molar-refractivity contribution is 0.140. The zero-order chi connectivity index (χ0) is 10.1. The molecule has 0 unspecified atom stereocenters. The second-order valence-corrected chi connectivity index (χ2v) is 3.56. The second kappa shape index (κ2) is 3.56. The van der Waals surface area contributed by atoms with E-state index in [0.717, 1.165) is 11.5 Å². The number of rotatable bonds is 2. The number of methoxy groups -OCH3 is 1. The first-order chi connectivity index (χ1) is 6.70. The molecule has 0 saturated carbocycles. The molecule has 0 aromatic carbocycles. The SMILES string of the molecule is COCC1=CC(=S)NC2=CN(C)NN12. The van der Waals surface area contributed by atoms with Gasteiger partial charge in [0.05, 0.1) is 18.5 Å². The minimum absolute atomic E-state index is 0.528. The molecule has 0 amide bonds. The highest BCUT2D eigenvalue weighted by Gasteiger charge is 2.26. The van der Waals surface area contributed by atoms with Gasteiger partial charge in [-0.2, -0.15) is 0 Å². The smallest absolute Gasteiger partial charge is 0.145 e. The van der Waals surface area contributed by atoms with Gasteiger partial charge in [0.25, 0.3) is 0 Å². The van der Waals surface area contributed by atoms with Gasteiger partial charge in [-0.1, -0.05) is 12.2 Å². The van der Waals surface area contributed by atoms with E-state index in [4.69, 9.17) is 17.0 Å². The van der Waals surface area contributed by atoms with Crippen LogP contribution in [0.25, 0.3) is 0 Å². The molecule has 2 aliphatic heterocycles. The van der Waals surface area contributed by atoms with Gasteiger partial charge in [-0.25, -0.2) is 5.01 Å². The lowest BCUT2D eigenvalue weighted by atomic mass is 10.3. The standard InChI is InChI=1S/C8H12N4OS/c1-11-4-7-9-8(14)3-6(5-13-2)12(7)10-11/h3-4,10H,5H2,1-2H3,(H,9,14). The molecule has 2 N–H and O–H groups in total. The maximum Gasteiger partial charge on any atom is 0.145 e. The van der Waals surface area contributed by atoms with Crippen LogP contribution < -0.4 is 10.9 Å². The molecule has 5 nitrogen and oxygen atoms in total. The predicted octanol–water partition coefficient (Wildman–Crippen LogP) is -0.0868. The summed E-state index contributed by atoms with van der Waals surface area (Å²) in [6.45, 7) is 0.528. The summed E-state index contributed by atoms with van der Waals surface area (Å²) in [5.41, 5.74) is 4.11. The van der Waals surface area contributed by atoms with Crippen LogP contribution in [0.2, 0.25) is 0 Å². The fraction of sp³-hybridized carbons (Fsp3) is 0.375. The van der Waals surface area contributed by atoms with Gasteiger partial charge in [-0.3, -0.25) is 5.01 Å². The van der Waals surface area contributed by atoms with Crippen LogP contribution in [0.5, 0.6) is 0 Å². The molecule has 0 aromatic heterocycles. The average molecular weight is 212 g/mol. The first kappa shape index (κ1) is 9.45. The van der Waals surface area contributed by atoms with E-state index in [1.54, 1.807) is 7.11 Å². The van der Waals surface area contributed by atoms with Crippen molar-refractivity contribution in [3.05, 3.63) is 23.8 Å². The Morgan fingerprint density at radius 3 is 3.07 bits per heavy atom. The summed E-state index contributed by atoms with van der Waals surface area (Å²) in [5.74, 6) is 0.923. The summed E-state index contributed by atoms with van der Waals surface area (Å²) in [5, 5.41) is 6.83. The first-order valence-corrected chi connectivity index (χ1v) is 4.63. The largest absolute Gasteiger partial charge is 0.378 e. The molecule has 2 heterocycles. The van der Waals surface area contributed by atoms with Crippen LogP contribution in [0.4, 0.5) is 0 Å². The molecule has 0 aromatic rings. The third kappa shape index (κ3) is 1.59. The fourth-order valence-corrected chi connectivity index (χ4v) is 1.66. The van der Waals surface area contributed by atoms with Crippen LogP contribution >= 0.6 is 12.2 Å². The molecule has 14 heavy (non-hydrogen) atoms. The van der Waals surface area contributed by atoms with Crippen molar-refractivity contribution in [2.24, 2.45) is 0 Å². The number of nitrogens with one attached hydrogen (secondary N) is 2. The van der Waals surface area contributed by atoms with E-state index < -0.39 is 0 Å². The number of thiocarbonyl (C=S) groups is 1. The van der Waals surface area contributed by atoms with Crippen molar-refractivity contribution in [3.8, 4) is 0 Å². The molecule has 6 heteroatoms. The molecule has 0 spiro atoms. The third-order valence-corrected chi connectivity index (χ3v) is 2.16. The fourth-order valence-electron chi connectivity index (χ4n) is 1.42. The van der Waals surface area contributed by atoms with Crippen molar-refractivity contribution in [1.82, 2.24) is 20.9 Å². The van der Waals surface area contributed by atoms with Gasteiger partial charge in [0, 0.05) is 14.2 Å². The van der Waals surface area contributed by atoms with Crippen molar-refractivity contribution in [2.75, 3.05) is 20.8 Å². The highest BCUT2D eigenvalue weighted by molar-refractivity contribution is 7.80. The van der Waals surface area contributed by atoms with E-state index >= 15 is 0 Å². The minimum Gasteiger partial charge on any atom is -0.378 e. The van der Waals surface area contributed by atoms with Gasteiger partial charge in [0.2, 0.25) is 0 Å². The lowest BCUT2D eigenvalue weighted by Gasteiger charge is -2.29. The third-order valence-electron chi connectivity index (χ3n) is 1.94. The predicted molar refractivity (Wildman–Crippen MR) is 56.5 cm³/mol. The highest BCUT2D eigenvalue weighted by atomic mass is 32.1. The molecule has 0 aliphatic carbocycles. The van der Waals surface area contributed by atoms with Crippen LogP contribution in [0, 0.1) is 0 Å². The normalized spacial score (nSPS) is 20.3. The van der Waals surface area contributed by atoms with E-state index in [2.05, 4.69) is 10.9 Å². The molecular weight excluding hydrogens is 200 g/mol. The van der Waals surface area contributed by atoms with E-state index in [1.807, 2.05) is 29.3 Å². The van der Waals surface area contributed by atoms with E-state index in [0.29, 0.717) is 11.6 Å². The number of ether oxygens (including phenoxy) is 1. The molecule has 0 radical (unpaired) electrons. The van der Waals surface area contributed by atoms with Crippen LogP contribution in [0.3, 0.4) is 0 Å². The van der Waals surface area contributed by atoms with Gasteiger partial charge >= 0.3 is 0 Å². The number of hydrazine groups is 2. The summed E-state index contributed by atoms with van der Waals surface area (Å²) >= 11 is 5.10. The Balaban J connectivity index is 2.24. The van der Waals surface area contributed by atoms with Crippen LogP contribution in [-0.4, -0.2) is 35.8 Å². The van der Waals surface area contributed by atoms with Crippen molar-refractivity contribution in [1.29, 1.82) is 0 Å². The number of hydrogen-bond donors (Lipinski definition) is 2. The molecule has 0 atom stereocenters. The van der Waals surface area contributed by atoms with Gasteiger partial charge in [-0.05, 0) is 6.08 Å². The van der Waals surface area contributed by atoms with Crippen LogP contribution in [-0.2, 0) is 4.74 Å². The Kier molecular flexibility index (Phi) is 2.40. The Morgan fingerprint density at radius 2 is 2.36 bits per heavy atom. The summed E-state index contributed by atoms with van der Waals surface area (Å²) < 4.78 is 5.09. The zero-order valence-corrected chi connectivity index (χ0v) is 8.89. The van der Waals surface area contributed by atoms with Crippen molar-refractivity contribution in [3.63, 3.8) is 0 Å². The van der Waals surface area contributed by atoms with Gasteiger partial charge < -0.3 is 10.1 Å².